The second-order valence-corrected chi connectivity index (χ2v) is 11.2. The lowest BCUT2D eigenvalue weighted by Crippen LogP contribution is -2.35. The summed E-state index contributed by atoms with van der Waals surface area (Å²) in [5.74, 6) is 1.16. The van der Waals surface area contributed by atoms with Crippen LogP contribution in [0.5, 0.6) is 5.75 Å². The van der Waals surface area contributed by atoms with Crippen LogP contribution in [0, 0.1) is 3.57 Å². The first kappa shape index (κ1) is 26.0. The summed E-state index contributed by atoms with van der Waals surface area (Å²) in [5.41, 5.74) is 4.37. The number of amides is 1. The zero-order chi connectivity index (χ0) is 26.5. The van der Waals surface area contributed by atoms with Gasteiger partial charge in [0.1, 0.15) is 11.9 Å². The van der Waals surface area contributed by atoms with Gasteiger partial charge in [0.2, 0.25) is 11.9 Å². The Labute approximate surface area is 232 Å². The zero-order valence-corrected chi connectivity index (χ0v) is 23.4. The number of anilines is 3. The molecule has 0 aliphatic carbocycles. The van der Waals surface area contributed by atoms with E-state index in [1.165, 1.54) is 6.08 Å². The lowest BCUT2D eigenvalue weighted by Gasteiger charge is -2.29. The molecule has 5 rings (SSSR count). The minimum Gasteiger partial charge on any atom is -0.490 e. The molecule has 194 valence electrons. The number of rotatable bonds is 8. The first-order chi connectivity index (χ1) is 18.5. The van der Waals surface area contributed by atoms with E-state index in [2.05, 4.69) is 44.7 Å². The Kier molecular flexibility index (Phi) is 8.09. The van der Waals surface area contributed by atoms with E-state index in [1.807, 2.05) is 60.8 Å². The van der Waals surface area contributed by atoms with Gasteiger partial charge in [0, 0.05) is 39.5 Å². The summed E-state index contributed by atoms with van der Waals surface area (Å²) >= 11 is -0.449. The number of piperidine rings is 1. The number of likely N-dealkylation sites (tertiary alicyclic amines) is 1. The van der Waals surface area contributed by atoms with Crippen LogP contribution in [0.15, 0.2) is 79.5 Å². The fourth-order valence-electron chi connectivity index (χ4n) is 4.50. The molecule has 2 N–H and O–H groups in total. The van der Waals surface area contributed by atoms with E-state index < -0.39 is 20.7 Å². The average molecular weight is 620 g/mol. The fourth-order valence-corrected chi connectivity index (χ4v) is 5.76. The number of carbonyl (C=O) groups is 1. The molecular weight excluding hydrogens is 589 g/mol. The molecule has 0 spiro atoms. The van der Waals surface area contributed by atoms with Crippen molar-refractivity contribution in [3.63, 3.8) is 0 Å². The lowest BCUT2D eigenvalue weighted by atomic mass is 10.0. The smallest absolute Gasteiger partial charge is 0.247 e. The number of ether oxygens (including phenoxy) is 1. The molecule has 1 saturated heterocycles. The van der Waals surface area contributed by atoms with Crippen molar-refractivity contribution in [3.8, 4) is 16.9 Å². The number of benzene rings is 3. The predicted octanol–water partition coefficient (Wildman–Crippen LogP) is 6.21. The zero-order valence-electron chi connectivity index (χ0n) is 21.3. The topological polar surface area (TPSA) is 79.4 Å². The van der Waals surface area contributed by atoms with Crippen LogP contribution in [-0.4, -0.2) is 51.5 Å². The number of nitrogens with one attached hydrogen (secondary N) is 2. The van der Waals surface area contributed by atoms with Crippen molar-refractivity contribution in [1.82, 2.24) is 14.9 Å². The van der Waals surface area contributed by atoms with Crippen molar-refractivity contribution in [3.05, 3.63) is 83.1 Å². The molecule has 8 heteroatoms. The Morgan fingerprint density at radius 1 is 1.13 bits per heavy atom. The van der Waals surface area contributed by atoms with E-state index in [9.17, 15) is 4.79 Å². The summed E-state index contributed by atoms with van der Waals surface area (Å²) in [6, 6.07) is 19.8. The van der Waals surface area contributed by atoms with E-state index in [1.54, 1.807) is 0 Å². The monoisotopic (exact) mass is 619 g/mol. The minimum atomic E-state index is -0.449. The Morgan fingerprint density at radius 2 is 1.95 bits per heavy atom. The second-order valence-electron chi connectivity index (χ2n) is 9.23. The number of nitrogens with zero attached hydrogens (tertiary/aromatic N) is 3. The molecule has 0 unspecified atom stereocenters. The third-order valence-corrected chi connectivity index (χ3v) is 8.25. The summed E-state index contributed by atoms with van der Waals surface area (Å²) in [6.45, 7) is 5.65. The van der Waals surface area contributed by atoms with Crippen LogP contribution < -0.4 is 15.4 Å². The lowest BCUT2D eigenvalue weighted by molar-refractivity contribution is -0.111. The number of hydrogen-bond acceptors (Lipinski definition) is 6. The predicted molar refractivity (Wildman–Crippen MR) is 165 cm³/mol. The maximum atomic E-state index is 11.8. The van der Waals surface area contributed by atoms with Crippen molar-refractivity contribution in [2.75, 3.05) is 30.8 Å². The Hall–Kier alpha value is -3.63. The van der Waals surface area contributed by atoms with Gasteiger partial charge in [-0.05, 0) is 61.9 Å². The van der Waals surface area contributed by atoms with Gasteiger partial charge in [0.15, 0.2) is 0 Å². The summed E-state index contributed by atoms with van der Waals surface area (Å²) < 4.78 is 11.7. The van der Waals surface area contributed by atoms with Gasteiger partial charge in [-0.25, -0.2) is 9.97 Å². The number of para-hydroxylation sites is 1. The molecule has 38 heavy (non-hydrogen) atoms. The molecule has 3 aromatic carbocycles. The highest BCUT2D eigenvalue weighted by atomic mass is 127. The SMILES string of the molecule is C=CC(=O)Nc1cccc(-c2cccc3cnc(Nc4ccc(OC5CCN(C)CC5)cc4I=C)nc23)c1. The van der Waals surface area contributed by atoms with Crippen LogP contribution >= 0.6 is 20.7 Å². The van der Waals surface area contributed by atoms with E-state index in [-0.39, 0.29) is 12.0 Å². The molecule has 4 aromatic rings. The standard InChI is InChI=1S/C30H30IN5O2/c1-4-28(37)33-22-9-5-7-20(17-22)25-10-6-8-21-19-32-30(35-29(21)25)34-27-12-11-24(18-26(27)31-2)38-23-13-15-36(3)16-14-23/h4-12,17-19,23H,1-2,13-16H2,3H3,(H,33,37)(H,32,34,35). The third kappa shape index (κ3) is 6.08. The van der Waals surface area contributed by atoms with Gasteiger partial charge in [-0.2, -0.15) is 0 Å². The average Bonchev–Trinajstić information content (AvgIpc) is 2.94. The van der Waals surface area contributed by atoms with Crippen LogP contribution in [0.25, 0.3) is 22.0 Å². The molecule has 1 fully saturated rings. The Balaban J connectivity index is 1.40. The Bertz CT molecular complexity index is 1500. The first-order valence-electron chi connectivity index (χ1n) is 12.5. The molecule has 0 radical (unpaired) electrons. The van der Waals surface area contributed by atoms with Gasteiger partial charge in [0.05, 0.1) is 11.2 Å². The summed E-state index contributed by atoms with van der Waals surface area (Å²) in [7, 11) is 2.15. The molecule has 1 aliphatic rings. The van der Waals surface area contributed by atoms with Gasteiger partial charge in [0.25, 0.3) is 0 Å². The summed E-state index contributed by atoms with van der Waals surface area (Å²) in [6.07, 6.45) is 5.43. The summed E-state index contributed by atoms with van der Waals surface area (Å²) in [4.78, 5) is 23.6. The maximum Gasteiger partial charge on any atom is 0.247 e. The number of fused-ring (bicyclic) bond motifs is 1. The quantitative estimate of drug-likeness (QED) is 0.181. The third-order valence-electron chi connectivity index (χ3n) is 6.54. The van der Waals surface area contributed by atoms with E-state index in [4.69, 9.17) is 9.72 Å². The molecule has 0 saturated carbocycles. The number of aromatic nitrogens is 2. The van der Waals surface area contributed by atoms with Gasteiger partial charge in [-0.3, -0.25) is 4.79 Å². The molecule has 7 nitrogen and oxygen atoms in total. The van der Waals surface area contributed by atoms with Crippen LogP contribution in [0.1, 0.15) is 12.8 Å². The molecule has 2 heterocycles. The van der Waals surface area contributed by atoms with Crippen LogP contribution in [-0.2, 0) is 4.79 Å². The molecule has 1 amide bonds. The van der Waals surface area contributed by atoms with Crippen molar-refractivity contribution in [2.24, 2.45) is 0 Å². The van der Waals surface area contributed by atoms with Gasteiger partial charge >= 0.3 is 0 Å². The molecule has 0 atom stereocenters. The molecule has 0 bridgehead atoms. The highest BCUT2D eigenvalue weighted by Gasteiger charge is 2.18. The fraction of sp³-hybridized carbons (Fsp3) is 0.200. The van der Waals surface area contributed by atoms with Crippen molar-refractivity contribution in [1.29, 1.82) is 0 Å². The van der Waals surface area contributed by atoms with Gasteiger partial charge < -0.3 is 20.3 Å². The summed E-state index contributed by atoms with van der Waals surface area (Å²) in [5, 5.41) is 7.16. The maximum absolute atomic E-state index is 11.8. The van der Waals surface area contributed by atoms with Crippen LogP contribution in [0.3, 0.4) is 0 Å². The van der Waals surface area contributed by atoms with E-state index in [0.717, 1.165) is 63.0 Å². The van der Waals surface area contributed by atoms with Crippen LogP contribution in [0.4, 0.5) is 17.3 Å². The van der Waals surface area contributed by atoms with Gasteiger partial charge in [-0.1, -0.05) is 62.2 Å². The van der Waals surface area contributed by atoms with Gasteiger partial charge in [-0.15, -0.1) is 0 Å². The largest absolute Gasteiger partial charge is 0.490 e. The highest BCUT2D eigenvalue weighted by Crippen LogP contribution is 2.32. The molecular formula is C30H30IN5O2. The number of carbonyl (C=O) groups excluding carboxylic acids is 1. The Morgan fingerprint density at radius 3 is 2.74 bits per heavy atom. The second kappa shape index (κ2) is 11.8. The van der Waals surface area contributed by atoms with E-state index in [0.29, 0.717) is 11.6 Å². The van der Waals surface area contributed by atoms with E-state index >= 15 is 0 Å². The van der Waals surface area contributed by atoms with Crippen molar-refractivity contribution in [2.45, 2.75) is 18.9 Å². The number of halogens is 1. The number of hydrogen-bond donors (Lipinski definition) is 2. The van der Waals surface area contributed by atoms with Crippen molar-refractivity contribution < 1.29 is 9.53 Å². The van der Waals surface area contributed by atoms with Crippen LogP contribution in [0.2, 0.25) is 0 Å². The highest BCUT2D eigenvalue weighted by molar-refractivity contribution is 14.2. The molecule has 1 aromatic heterocycles. The van der Waals surface area contributed by atoms with Crippen molar-refractivity contribution >= 4 is 59.4 Å². The normalized spacial score (nSPS) is 14.2. The first-order valence-corrected chi connectivity index (χ1v) is 15.1. The molecule has 1 aliphatic heterocycles. The minimum absolute atomic E-state index is 0.249.